The minimum Gasteiger partial charge on any atom is -0.0912 e. The van der Waals surface area contributed by atoms with Gasteiger partial charge in [0.25, 0.3) is 0 Å². The zero-order chi connectivity index (χ0) is 22.9. The van der Waals surface area contributed by atoms with E-state index in [2.05, 4.69) is 39.8 Å². The van der Waals surface area contributed by atoms with Crippen molar-refractivity contribution in [1.82, 2.24) is 0 Å². The van der Waals surface area contributed by atoms with Crippen LogP contribution in [0.4, 0.5) is 0 Å². The van der Waals surface area contributed by atoms with E-state index in [9.17, 15) is 0 Å². The average Bonchev–Trinajstić information content (AvgIpc) is 2.78. The van der Waals surface area contributed by atoms with Gasteiger partial charge in [-0.1, -0.05) is 174 Å². The van der Waals surface area contributed by atoms with Gasteiger partial charge in [-0.25, -0.2) is 0 Å². The summed E-state index contributed by atoms with van der Waals surface area (Å²) in [6.07, 6.45) is 34.1. The van der Waals surface area contributed by atoms with Crippen molar-refractivity contribution in [3.63, 3.8) is 0 Å². The molecule has 0 saturated heterocycles. The molecular weight excluding hydrogens is 388 g/mol. The van der Waals surface area contributed by atoms with Gasteiger partial charge in [0.15, 0.2) is 0 Å². The van der Waals surface area contributed by atoms with Gasteiger partial charge in [-0.15, -0.1) is 0 Å². The lowest BCUT2D eigenvalue weighted by molar-refractivity contribution is 0.616. The van der Waals surface area contributed by atoms with Crippen LogP contribution in [0.25, 0.3) is 0 Å². The van der Waals surface area contributed by atoms with Crippen LogP contribution in [0.5, 0.6) is 0 Å². The lowest BCUT2D eigenvalue weighted by Gasteiger charge is -2.32. The van der Waals surface area contributed by atoms with E-state index in [0.717, 1.165) is 0 Å². The van der Waals surface area contributed by atoms with Crippen molar-refractivity contribution in [3.05, 3.63) is 12.2 Å². The summed E-state index contributed by atoms with van der Waals surface area (Å²) in [5.74, 6) is 0. The maximum atomic E-state index is 2.67. The Morgan fingerprint density at radius 3 is 1.19 bits per heavy atom. The minimum absolute atomic E-state index is 1.14. The number of allylic oxidation sites excluding steroid dienone is 2. The van der Waals surface area contributed by atoms with E-state index in [0.29, 0.717) is 0 Å². The molecule has 0 saturated carbocycles. The summed E-state index contributed by atoms with van der Waals surface area (Å²) in [6.45, 7) is 9.35. The minimum atomic E-state index is -1.14. The van der Waals surface area contributed by atoms with Crippen molar-refractivity contribution in [2.45, 2.75) is 180 Å². The highest BCUT2D eigenvalue weighted by Crippen LogP contribution is 2.34. The Morgan fingerprint density at radius 2 is 0.742 bits per heavy atom. The highest BCUT2D eigenvalue weighted by Gasteiger charge is 2.29. The Morgan fingerprint density at radius 1 is 0.387 bits per heavy atom. The molecule has 0 aromatic rings. The topological polar surface area (TPSA) is 0 Å². The van der Waals surface area contributed by atoms with Crippen molar-refractivity contribution in [2.24, 2.45) is 0 Å². The second kappa shape index (κ2) is 24.6. The van der Waals surface area contributed by atoms with E-state index in [1.165, 1.54) is 134 Å². The molecule has 1 unspecified atom stereocenters. The molecule has 186 valence electrons. The monoisotopic (exact) mass is 450 g/mol. The van der Waals surface area contributed by atoms with Crippen LogP contribution in [-0.2, 0) is 0 Å². The van der Waals surface area contributed by atoms with Crippen LogP contribution in [0.15, 0.2) is 12.2 Å². The van der Waals surface area contributed by atoms with Crippen LogP contribution in [0.3, 0.4) is 0 Å². The van der Waals surface area contributed by atoms with E-state index in [4.69, 9.17) is 0 Å². The number of rotatable bonds is 25. The first-order valence-electron chi connectivity index (χ1n) is 14.9. The predicted octanol–water partition coefficient (Wildman–Crippen LogP) is 11.9. The Hall–Kier alpha value is -0.0431. The van der Waals surface area contributed by atoms with E-state index in [1.54, 1.807) is 18.1 Å². The zero-order valence-electron chi connectivity index (χ0n) is 22.6. The molecule has 0 aliphatic heterocycles. The zero-order valence-corrected chi connectivity index (χ0v) is 23.6. The van der Waals surface area contributed by atoms with Crippen molar-refractivity contribution in [1.29, 1.82) is 0 Å². The Labute approximate surface area is 200 Å². The van der Waals surface area contributed by atoms with Gasteiger partial charge in [0.1, 0.15) is 0 Å². The lowest BCUT2D eigenvalue weighted by atomic mass is 10.1. The summed E-state index contributed by atoms with van der Waals surface area (Å²) >= 11 is 0. The van der Waals surface area contributed by atoms with Gasteiger partial charge in [0.2, 0.25) is 0 Å². The molecule has 1 heteroatoms. The van der Waals surface area contributed by atoms with Crippen molar-refractivity contribution >= 4 is 8.07 Å². The van der Waals surface area contributed by atoms with Gasteiger partial charge in [0, 0.05) is 0 Å². The molecule has 0 heterocycles. The fraction of sp³-hybridized carbons (Fsp3) is 0.933. The maximum absolute atomic E-state index is 2.67. The van der Waals surface area contributed by atoms with Crippen LogP contribution in [0, 0.1) is 0 Å². The summed E-state index contributed by atoms with van der Waals surface area (Å²) < 4.78 is 0. The van der Waals surface area contributed by atoms with Gasteiger partial charge < -0.3 is 0 Å². The molecule has 0 aliphatic rings. The third-order valence-electron chi connectivity index (χ3n) is 7.37. The highest BCUT2D eigenvalue weighted by molar-refractivity contribution is 6.80. The van der Waals surface area contributed by atoms with Crippen LogP contribution in [-0.4, -0.2) is 8.07 Å². The van der Waals surface area contributed by atoms with E-state index < -0.39 is 8.07 Å². The average molecular weight is 451 g/mol. The molecule has 0 rings (SSSR count). The van der Waals surface area contributed by atoms with E-state index in [-0.39, 0.29) is 0 Å². The fourth-order valence-electron chi connectivity index (χ4n) is 5.13. The summed E-state index contributed by atoms with van der Waals surface area (Å²) in [5.41, 5.74) is 0. The molecule has 1 atom stereocenters. The molecular formula is C30H62Si. The third-order valence-corrected chi connectivity index (χ3v) is 12.7. The normalized spacial score (nSPS) is 13.8. The molecule has 0 spiro atoms. The highest BCUT2D eigenvalue weighted by atomic mass is 28.3. The Bertz CT molecular complexity index is 361. The second-order valence-corrected chi connectivity index (χ2v) is 15.4. The van der Waals surface area contributed by atoms with Crippen LogP contribution in [0.1, 0.15) is 156 Å². The van der Waals surface area contributed by atoms with Gasteiger partial charge >= 0.3 is 0 Å². The quantitative estimate of drug-likeness (QED) is 0.0736. The molecule has 0 aliphatic carbocycles. The van der Waals surface area contributed by atoms with Crippen LogP contribution >= 0.6 is 0 Å². The summed E-state index contributed by atoms with van der Waals surface area (Å²) in [7, 11) is -1.14. The van der Waals surface area contributed by atoms with Crippen LogP contribution in [0.2, 0.25) is 24.2 Å². The molecule has 0 amide bonds. The molecule has 0 N–H and O–H groups in total. The van der Waals surface area contributed by atoms with Crippen molar-refractivity contribution in [3.8, 4) is 0 Å². The standard InChI is InChI=1S/C30H62Si/c1-5-9-13-17-19-22-26-30-31(27-23-16-12-8-4,28-24-20-15-11-7-3)29-25-21-18-14-10-6-2/h22,26H,5-21,23-25,27-30H2,1-4H3. The molecule has 0 nitrogen and oxygen atoms in total. The molecule has 31 heavy (non-hydrogen) atoms. The van der Waals surface area contributed by atoms with E-state index >= 15 is 0 Å². The van der Waals surface area contributed by atoms with Gasteiger partial charge in [-0.05, 0) is 18.9 Å². The van der Waals surface area contributed by atoms with E-state index in [1.807, 2.05) is 0 Å². The predicted molar refractivity (Wildman–Crippen MR) is 149 cm³/mol. The fourth-order valence-corrected chi connectivity index (χ4v) is 10.2. The molecule has 0 aromatic heterocycles. The smallest absolute Gasteiger partial charge is 0.0573 e. The number of hydrogen-bond donors (Lipinski definition) is 0. The Kier molecular flexibility index (Phi) is 24.6. The SMILES string of the molecule is CCCCCCC=CC[Si](CCCCCC)(CCCCCCC)CCCCCCCC. The first-order valence-corrected chi connectivity index (χ1v) is 17.7. The van der Waals surface area contributed by atoms with Gasteiger partial charge in [0.05, 0.1) is 8.07 Å². The molecule has 0 bridgehead atoms. The first kappa shape index (κ1) is 31.0. The van der Waals surface area contributed by atoms with Gasteiger partial charge in [-0.2, -0.15) is 0 Å². The molecule has 0 fully saturated rings. The number of hydrogen-bond acceptors (Lipinski definition) is 0. The molecule has 0 radical (unpaired) electrons. The van der Waals surface area contributed by atoms with Crippen LogP contribution < -0.4 is 0 Å². The third kappa shape index (κ3) is 20.3. The van der Waals surface area contributed by atoms with Crippen molar-refractivity contribution < 1.29 is 0 Å². The number of unbranched alkanes of at least 4 members (excludes halogenated alkanes) is 16. The summed E-state index contributed by atoms with van der Waals surface area (Å²) in [5, 5.41) is 0. The first-order chi connectivity index (χ1) is 15.2. The summed E-state index contributed by atoms with van der Waals surface area (Å²) in [4.78, 5) is 0. The van der Waals surface area contributed by atoms with Crippen molar-refractivity contribution in [2.75, 3.05) is 0 Å². The second-order valence-electron chi connectivity index (χ2n) is 10.5. The summed E-state index contributed by atoms with van der Waals surface area (Å²) in [6, 6.07) is 6.36. The largest absolute Gasteiger partial charge is 0.0912 e. The van der Waals surface area contributed by atoms with Gasteiger partial charge in [-0.3, -0.25) is 0 Å². The Balaban J connectivity index is 4.78. The maximum Gasteiger partial charge on any atom is 0.0573 e. The molecule has 0 aromatic carbocycles. The lowest BCUT2D eigenvalue weighted by Crippen LogP contribution is -2.33.